The maximum atomic E-state index is 12.2. The van der Waals surface area contributed by atoms with Crippen molar-refractivity contribution in [2.75, 3.05) is 6.61 Å². The minimum atomic E-state index is -1.51. The zero-order chi connectivity index (χ0) is 22.0. The van der Waals surface area contributed by atoms with Crippen LogP contribution in [0.1, 0.15) is 46.5 Å². The van der Waals surface area contributed by atoms with E-state index >= 15 is 0 Å². The zero-order valence-corrected chi connectivity index (χ0v) is 17.7. The van der Waals surface area contributed by atoms with E-state index in [4.69, 9.17) is 14.2 Å². The summed E-state index contributed by atoms with van der Waals surface area (Å²) in [5.74, 6) is -0.738. The topological polar surface area (TPSA) is 146 Å². The van der Waals surface area contributed by atoms with Crippen LogP contribution in [0.25, 0.3) is 0 Å². The molecule has 2 aliphatic carbocycles. The number of carbonyl (C=O) groups is 1. The summed E-state index contributed by atoms with van der Waals surface area (Å²) in [6.07, 6.45) is -5.16. The van der Waals surface area contributed by atoms with Gasteiger partial charge in [-0.25, -0.2) is 0 Å². The highest BCUT2D eigenvalue weighted by molar-refractivity contribution is 5.75. The largest absolute Gasteiger partial charge is 0.461 e. The lowest BCUT2D eigenvalue weighted by molar-refractivity contribution is -0.334. The third-order valence-electron chi connectivity index (χ3n) is 8.21. The van der Waals surface area contributed by atoms with E-state index in [1.54, 1.807) is 6.92 Å². The number of hydrogen-bond donors (Lipinski definition) is 5. The summed E-state index contributed by atoms with van der Waals surface area (Å²) < 4.78 is 17.4. The molecule has 0 aromatic rings. The number of fused-ring (bicyclic) bond motifs is 3. The molecule has 4 fully saturated rings. The molecule has 5 N–H and O–H groups in total. The second-order valence-electron chi connectivity index (χ2n) is 10.1. The molecule has 0 spiro atoms. The molecule has 12 unspecified atom stereocenters. The fraction of sp³-hybridized carbons (Fsp3) is 0.952. The summed E-state index contributed by atoms with van der Waals surface area (Å²) in [6.45, 7) is 5.13. The molecule has 0 aromatic carbocycles. The van der Waals surface area contributed by atoms with Crippen molar-refractivity contribution in [3.63, 3.8) is 0 Å². The fourth-order valence-corrected chi connectivity index (χ4v) is 6.43. The van der Waals surface area contributed by atoms with Gasteiger partial charge < -0.3 is 39.7 Å². The lowest BCUT2D eigenvalue weighted by Gasteiger charge is -2.59. The first-order valence-corrected chi connectivity index (χ1v) is 10.9. The summed E-state index contributed by atoms with van der Waals surface area (Å²) in [5, 5.41) is 51.2. The van der Waals surface area contributed by atoms with E-state index in [0.29, 0.717) is 19.3 Å². The van der Waals surface area contributed by atoms with Gasteiger partial charge in [-0.15, -0.1) is 0 Å². The van der Waals surface area contributed by atoms with Crippen molar-refractivity contribution in [1.29, 1.82) is 0 Å². The summed E-state index contributed by atoms with van der Waals surface area (Å²) in [6, 6.07) is 0. The fourth-order valence-electron chi connectivity index (χ4n) is 6.43. The number of esters is 1. The van der Waals surface area contributed by atoms with Crippen LogP contribution in [0.4, 0.5) is 0 Å². The first-order valence-electron chi connectivity index (χ1n) is 10.9. The van der Waals surface area contributed by atoms with Gasteiger partial charge in [0.05, 0.1) is 24.2 Å². The summed E-state index contributed by atoms with van der Waals surface area (Å²) in [7, 11) is 0. The lowest BCUT2D eigenvalue weighted by atomic mass is 9.50. The lowest BCUT2D eigenvalue weighted by Crippen LogP contribution is -2.65. The predicted molar refractivity (Wildman–Crippen MR) is 102 cm³/mol. The molecule has 2 aliphatic heterocycles. The van der Waals surface area contributed by atoms with Crippen molar-refractivity contribution in [3.8, 4) is 0 Å². The normalized spacial score (nSPS) is 56.2. The molecule has 2 saturated carbocycles. The molecule has 4 rings (SSSR count). The van der Waals surface area contributed by atoms with Crippen LogP contribution in [-0.2, 0) is 19.0 Å². The molecular weight excluding hydrogens is 396 g/mol. The van der Waals surface area contributed by atoms with Crippen molar-refractivity contribution >= 4 is 5.97 Å². The smallest absolute Gasteiger partial charge is 0.309 e. The molecular formula is C21H34O9. The summed E-state index contributed by atoms with van der Waals surface area (Å²) in [4.78, 5) is 12.2. The predicted octanol–water partition coefficient (Wildman–Crippen LogP) is -0.690. The molecule has 0 amide bonds. The summed E-state index contributed by atoms with van der Waals surface area (Å²) in [5.41, 5.74) is -1.59. The number of rotatable bonds is 3. The van der Waals surface area contributed by atoms with Gasteiger partial charge in [-0.05, 0) is 32.6 Å². The summed E-state index contributed by atoms with van der Waals surface area (Å²) >= 11 is 0. The molecule has 0 aromatic heterocycles. The van der Waals surface area contributed by atoms with Crippen molar-refractivity contribution < 1.29 is 44.5 Å². The van der Waals surface area contributed by atoms with E-state index in [1.165, 1.54) is 0 Å². The van der Waals surface area contributed by atoms with Crippen LogP contribution in [0, 0.1) is 23.2 Å². The number of aliphatic hydroxyl groups excluding tert-OH is 4. The number of aliphatic hydroxyl groups is 5. The van der Waals surface area contributed by atoms with Gasteiger partial charge in [-0.1, -0.05) is 13.8 Å². The van der Waals surface area contributed by atoms with Gasteiger partial charge in [0.2, 0.25) is 0 Å². The first-order chi connectivity index (χ1) is 14.0. The molecule has 9 nitrogen and oxygen atoms in total. The van der Waals surface area contributed by atoms with Gasteiger partial charge in [0.25, 0.3) is 0 Å². The van der Waals surface area contributed by atoms with Crippen LogP contribution in [0.5, 0.6) is 0 Å². The first kappa shape index (κ1) is 22.4. The average molecular weight is 430 g/mol. The SMILES string of the molecule is CC1C(=O)OC2C1CCC1(C)C(OC3OC(CO)C(O)C(O)C3O)CCC(C)(O)C21. The maximum Gasteiger partial charge on any atom is 0.309 e. The molecule has 4 aliphatic rings. The maximum absolute atomic E-state index is 12.2. The van der Waals surface area contributed by atoms with Crippen LogP contribution in [0.2, 0.25) is 0 Å². The third-order valence-corrected chi connectivity index (χ3v) is 8.21. The Morgan fingerprint density at radius 2 is 1.80 bits per heavy atom. The Labute approximate surface area is 175 Å². The molecule has 0 radical (unpaired) electrons. The Morgan fingerprint density at radius 1 is 1.10 bits per heavy atom. The van der Waals surface area contributed by atoms with Gasteiger partial charge in [0, 0.05) is 17.3 Å². The average Bonchev–Trinajstić information content (AvgIpc) is 2.97. The Balaban J connectivity index is 1.59. The standard InChI is InChI=1S/C21H34O9/c1-9-10-4-6-20(2)12(5-7-21(3,27)17(20)16(10)30-18(9)26)29-19-15(25)14(24)13(23)11(8-22)28-19/h9-17,19,22-25,27H,4-8H2,1-3H3. The Bertz CT molecular complexity index is 667. The van der Waals surface area contributed by atoms with Gasteiger partial charge >= 0.3 is 5.97 Å². The quantitative estimate of drug-likeness (QED) is 0.367. The second kappa shape index (κ2) is 7.65. The van der Waals surface area contributed by atoms with E-state index in [2.05, 4.69) is 0 Å². The zero-order valence-electron chi connectivity index (χ0n) is 17.7. The third kappa shape index (κ3) is 3.30. The van der Waals surface area contributed by atoms with E-state index in [0.717, 1.165) is 6.42 Å². The van der Waals surface area contributed by atoms with E-state index < -0.39 is 60.5 Å². The van der Waals surface area contributed by atoms with Crippen LogP contribution in [-0.4, -0.2) is 86.6 Å². The van der Waals surface area contributed by atoms with Crippen molar-refractivity contribution in [3.05, 3.63) is 0 Å². The minimum absolute atomic E-state index is 0.0491. The molecule has 2 heterocycles. The van der Waals surface area contributed by atoms with Gasteiger partial charge in [0.1, 0.15) is 30.5 Å². The van der Waals surface area contributed by atoms with Crippen LogP contribution < -0.4 is 0 Å². The highest BCUT2D eigenvalue weighted by Crippen LogP contribution is 2.60. The van der Waals surface area contributed by atoms with Crippen LogP contribution >= 0.6 is 0 Å². The molecule has 0 bridgehead atoms. The monoisotopic (exact) mass is 430 g/mol. The molecule has 172 valence electrons. The molecule has 12 atom stereocenters. The Hall–Kier alpha value is -0.810. The van der Waals surface area contributed by atoms with Gasteiger partial charge in [-0.2, -0.15) is 0 Å². The van der Waals surface area contributed by atoms with E-state index in [-0.39, 0.29) is 23.7 Å². The van der Waals surface area contributed by atoms with Crippen molar-refractivity contribution in [1.82, 2.24) is 0 Å². The minimum Gasteiger partial charge on any atom is -0.461 e. The van der Waals surface area contributed by atoms with E-state index in [9.17, 15) is 30.3 Å². The second-order valence-corrected chi connectivity index (χ2v) is 10.1. The number of carbonyl (C=O) groups excluding carboxylic acids is 1. The number of ether oxygens (including phenoxy) is 3. The van der Waals surface area contributed by atoms with Crippen molar-refractivity contribution in [2.24, 2.45) is 23.2 Å². The highest BCUT2D eigenvalue weighted by atomic mass is 16.7. The molecule has 9 heteroatoms. The Morgan fingerprint density at radius 3 is 2.47 bits per heavy atom. The van der Waals surface area contributed by atoms with Crippen LogP contribution in [0.15, 0.2) is 0 Å². The van der Waals surface area contributed by atoms with Crippen molar-refractivity contribution in [2.45, 2.75) is 95.0 Å². The number of hydrogen-bond acceptors (Lipinski definition) is 9. The van der Waals surface area contributed by atoms with Gasteiger partial charge in [0.15, 0.2) is 6.29 Å². The van der Waals surface area contributed by atoms with Crippen LogP contribution in [0.3, 0.4) is 0 Å². The Kier molecular flexibility index (Phi) is 5.71. The molecule has 30 heavy (non-hydrogen) atoms. The highest BCUT2D eigenvalue weighted by Gasteiger charge is 2.64. The van der Waals surface area contributed by atoms with Gasteiger partial charge in [-0.3, -0.25) is 4.79 Å². The van der Waals surface area contributed by atoms with E-state index in [1.807, 2.05) is 13.8 Å². The molecule has 2 saturated heterocycles.